The van der Waals surface area contributed by atoms with Gasteiger partial charge in [-0.15, -0.1) is 0 Å². The van der Waals surface area contributed by atoms with Crippen molar-refractivity contribution in [2.45, 2.75) is 57.4 Å². The molecule has 0 spiro atoms. The van der Waals surface area contributed by atoms with Gasteiger partial charge in [0.05, 0.1) is 0 Å². The Balaban J connectivity index is 0.00000126. The van der Waals surface area contributed by atoms with E-state index in [1.54, 1.807) is 29.3 Å². The van der Waals surface area contributed by atoms with Crippen LogP contribution in [0, 0.1) is 20.8 Å². The van der Waals surface area contributed by atoms with Crippen LogP contribution in [0.25, 0.3) is 4.83 Å². The van der Waals surface area contributed by atoms with E-state index < -0.39 is 10.0 Å². The van der Waals surface area contributed by atoms with Gasteiger partial charge >= 0.3 is 34.5 Å². The molecular weight excluding hydrogens is 525 g/mol. The van der Waals surface area contributed by atoms with Crippen LogP contribution in [0.3, 0.4) is 0 Å². The third kappa shape index (κ3) is 6.24. The van der Waals surface area contributed by atoms with E-state index in [-0.39, 0.29) is 10.9 Å². The standard InChI is InChI=1S/C20H25N2O2S.HI.Zn/c1-15-8-10-20(11-9-15)25(23,24)21-22(18-6-4-5-7-18)19-13-16(2)12-17(3)14-19;;/h8-14,18H,4-7H2,1-3H3;1H;/q-1;;+2/p-1. The summed E-state index contributed by atoms with van der Waals surface area (Å²) in [5, 5.41) is 1.74. The van der Waals surface area contributed by atoms with Crippen LogP contribution in [0.1, 0.15) is 42.4 Å². The molecule has 0 radical (unpaired) electrons. The summed E-state index contributed by atoms with van der Waals surface area (Å²) >= 11 is 3.62. The normalized spacial score (nSPS) is 14.6. The SMILES string of the molecule is Cc1ccc(S(=O)(=O)[N-]N(c2cc(C)cc(C)c2)C2CCCC2)cc1.[Zn+][I]. The van der Waals surface area contributed by atoms with Gasteiger partial charge in [-0.05, 0) is 69.0 Å². The number of nitrogens with zero attached hydrogens (tertiary/aromatic N) is 2. The minimum atomic E-state index is -3.74. The molecule has 0 bridgehead atoms. The maximum absolute atomic E-state index is 12.8. The molecule has 7 heteroatoms. The summed E-state index contributed by atoms with van der Waals surface area (Å²) in [6, 6.07) is 13.1. The van der Waals surface area contributed by atoms with Gasteiger partial charge in [0, 0.05) is 16.6 Å². The molecule has 142 valence electrons. The fourth-order valence-corrected chi connectivity index (χ4v) is 4.46. The number of halogens is 1. The number of rotatable bonds is 5. The average Bonchev–Trinajstić information content (AvgIpc) is 3.15. The van der Waals surface area contributed by atoms with Crippen molar-refractivity contribution in [3.63, 3.8) is 0 Å². The zero-order chi connectivity index (χ0) is 20.0. The van der Waals surface area contributed by atoms with Gasteiger partial charge in [-0.3, -0.25) is 0 Å². The Morgan fingerprint density at radius 2 is 1.44 bits per heavy atom. The molecule has 0 aromatic heterocycles. The third-order valence-electron chi connectivity index (χ3n) is 4.66. The van der Waals surface area contributed by atoms with Crippen molar-refractivity contribution in [1.29, 1.82) is 0 Å². The molecule has 0 N–H and O–H groups in total. The molecule has 2 aromatic carbocycles. The molecular formula is C20H25IN2O2SZn. The Morgan fingerprint density at radius 1 is 0.926 bits per heavy atom. The van der Waals surface area contributed by atoms with Gasteiger partial charge in [0.1, 0.15) is 10.0 Å². The second-order valence-electron chi connectivity index (χ2n) is 7.00. The summed E-state index contributed by atoms with van der Waals surface area (Å²) in [7, 11) is -3.74. The van der Waals surface area contributed by atoms with Crippen molar-refractivity contribution in [3.05, 3.63) is 64.0 Å². The molecule has 1 aliphatic rings. The summed E-state index contributed by atoms with van der Waals surface area (Å²) in [4.78, 5) is 4.49. The van der Waals surface area contributed by atoms with E-state index in [0.717, 1.165) is 48.1 Å². The van der Waals surface area contributed by atoms with Crippen LogP contribution < -0.4 is 5.01 Å². The van der Waals surface area contributed by atoms with Crippen LogP contribution in [0.5, 0.6) is 0 Å². The van der Waals surface area contributed by atoms with Gasteiger partial charge in [-0.25, -0.2) is 8.42 Å². The number of hydrogen-bond donors (Lipinski definition) is 0. The molecule has 1 aliphatic carbocycles. The second-order valence-corrected chi connectivity index (χ2v) is 8.58. The predicted molar refractivity (Wildman–Crippen MR) is 116 cm³/mol. The summed E-state index contributed by atoms with van der Waals surface area (Å²) in [5.74, 6) is 0. The Bertz CT molecular complexity index is 831. The van der Waals surface area contributed by atoms with Gasteiger partial charge in [0.2, 0.25) is 0 Å². The second kappa shape index (κ2) is 10.3. The van der Waals surface area contributed by atoms with E-state index in [2.05, 4.69) is 30.6 Å². The molecule has 0 atom stereocenters. The zero-order valence-electron chi connectivity index (χ0n) is 16.2. The monoisotopic (exact) mass is 548 g/mol. The van der Waals surface area contributed by atoms with Crippen LogP contribution in [-0.2, 0) is 24.8 Å². The zero-order valence-corrected chi connectivity index (χ0v) is 22.1. The predicted octanol–water partition coefficient (Wildman–Crippen LogP) is 5.92. The summed E-state index contributed by atoms with van der Waals surface area (Å²) < 4.78 is 25.7. The van der Waals surface area contributed by atoms with Crippen LogP contribution in [-0.4, -0.2) is 14.5 Å². The Hall–Kier alpha value is -0.497. The van der Waals surface area contributed by atoms with E-state index in [9.17, 15) is 8.42 Å². The van der Waals surface area contributed by atoms with E-state index in [0.29, 0.717) is 0 Å². The van der Waals surface area contributed by atoms with E-state index in [4.69, 9.17) is 0 Å². The van der Waals surface area contributed by atoms with Crippen LogP contribution >= 0.6 is 19.8 Å². The molecule has 4 nitrogen and oxygen atoms in total. The third-order valence-corrected chi connectivity index (χ3v) is 5.91. The van der Waals surface area contributed by atoms with Crippen molar-refractivity contribution in [3.8, 4) is 0 Å². The Morgan fingerprint density at radius 3 is 1.96 bits per heavy atom. The molecule has 2 aromatic rings. The van der Waals surface area contributed by atoms with Crippen molar-refractivity contribution in [1.82, 2.24) is 0 Å². The molecule has 1 saturated carbocycles. The summed E-state index contributed by atoms with van der Waals surface area (Å²) in [5.41, 5.74) is 4.11. The molecule has 0 aliphatic heterocycles. The molecule has 1 fully saturated rings. The molecule has 27 heavy (non-hydrogen) atoms. The molecule has 0 amide bonds. The molecule has 0 saturated heterocycles. The maximum atomic E-state index is 12.8. The van der Waals surface area contributed by atoms with Gasteiger partial charge in [0.25, 0.3) is 0 Å². The molecule has 0 unspecified atom stereocenters. The molecule has 0 heterocycles. The van der Waals surface area contributed by atoms with Crippen molar-refractivity contribution in [2.75, 3.05) is 5.01 Å². The van der Waals surface area contributed by atoms with Crippen molar-refractivity contribution in [2.24, 2.45) is 0 Å². The summed E-state index contributed by atoms with van der Waals surface area (Å²) in [6.45, 7) is 5.99. The van der Waals surface area contributed by atoms with E-state index >= 15 is 0 Å². The van der Waals surface area contributed by atoms with Crippen LogP contribution in [0.4, 0.5) is 5.69 Å². The quantitative estimate of drug-likeness (QED) is 0.264. The first-order chi connectivity index (χ1) is 12.8. The van der Waals surface area contributed by atoms with Gasteiger partial charge in [0.15, 0.2) is 0 Å². The summed E-state index contributed by atoms with van der Waals surface area (Å²) in [6.07, 6.45) is 4.18. The number of sulfonamides is 1. The van der Waals surface area contributed by atoms with E-state index in [1.165, 1.54) is 14.8 Å². The fourth-order valence-electron chi connectivity index (χ4n) is 3.43. The number of hydrogen-bond acceptors (Lipinski definition) is 3. The average molecular weight is 550 g/mol. The Kier molecular flexibility index (Phi) is 8.72. The first-order valence-electron chi connectivity index (χ1n) is 9.04. The van der Waals surface area contributed by atoms with Crippen molar-refractivity contribution < 1.29 is 23.2 Å². The minimum absolute atomic E-state index is 0.140. The first kappa shape index (κ1) is 22.8. The van der Waals surface area contributed by atoms with Gasteiger partial charge < -0.3 is 9.84 Å². The van der Waals surface area contributed by atoms with Gasteiger partial charge in [-0.1, -0.05) is 36.6 Å². The Labute approximate surface area is 184 Å². The topological polar surface area (TPSA) is 51.5 Å². The molecule has 3 rings (SSSR count). The first-order valence-corrected chi connectivity index (χ1v) is 19.5. The van der Waals surface area contributed by atoms with Gasteiger partial charge in [-0.2, -0.15) is 0 Å². The number of anilines is 1. The fraction of sp³-hybridized carbons (Fsp3) is 0.400. The van der Waals surface area contributed by atoms with Crippen LogP contribution in [0.2, 0.25) is 0 Å². The van der Waals surface area contributed by atoms with Crippen molar-refractivity contribution >= 4 is 35.5 Å². The number of aryl methyl sites for hydroxylation is 3. The van der Waals surface area contributed by atoms with Crippen LogP contribution in [0.15, 0.2) is 47.4 Å². The number of benzene rings is 2. The van der Waals surface area contributed by atoms with E-state index in [1.807, 2.05) is 32.9 Å².